The predicted octanol–water partition coefficient (Wildman–Crippen LogP) is 1.86. The van der Waals surface area contributed by atoms with Crippen molar-refractivity contribution >= 4 is 0 Å². The lowest BCUT2D eigenvalue weighted by atomic mass is 10.0. The summed E-state index contributed by atoms with van der Waals surface area (Å²) in [5.74, 6) is 2.81. The van der Waals surface area contributed by atoms with Crippen molar-refractivity contribution in [2.75, 3.05) is 13.1 Å². The molecule has 0 saturated carbocycles. The molecule has 0 aromatic rings. The number of terminal acetylenes is 1. The highest BCUT2D eigenvalue weighted by Crippen LogP contribution is 2.17. The van der Waals surface area contributed by atoms with Gasteiger partial charge in [-0.05, 0) is 19.8 Å². The summed E-state index contributed by atoms with van der Waals surface area (Å²) in [7, 11) is 0. The molecule has 0 aliphatic carbocycles. The Labute approximate surface area is 94.4 Å². The SMILES string of the molecule is C#CCC(CC)N1CC(CC)NCC1C. The first-order chi connectivity index (χ1) is 7.22. The van der Waals surface area contributed by atoms with Gasteiger partial charge in [0.15, 0.2) is 0 Å². The zero-order chi connectivity index (χ0) is 11.3. The van der Waals surface area contributed by atoms with Gasteiger partial charge in [0.05, 0.1) is 0 Å². The second-order valence-corrected chi connectivity index (χ2v) is 4.53. The summed E-state index contributed by atoms with van der Waals surface area (Å²) < 4.78 is 0. The van der Waals surface area contributed by atoms with E-state index in [0.717, 1.165) is 25.9 Å². The van der Waals surface area contributed by atoms with Crippen molar-refractivity contribution < 1.29 is 0 Å². The molecule has 0 aromatic carbocycles. The van der Waals surface area contributed by atoms with Gasteiger partial charge in [0, 0.05) is 37.6 Å². The molecule has 0 aromatic heterocycles. The standard InChI is InChI=1S/C13H24N2/c1-5-8-13(7-3)15-10-12(6-2)14-9-11(15)4/h1,11-14H,6-10H2,2-4H3. The van der Waals surface area contributed by atoms with Gasteiger partial charge in [-0.1, -0.05) is 13.8 Å². The van der Waals surface area contributed by atoms with Crippen LogP contribution in [0.2, 0.25) is 0 Å². The first-order valence-electron chi connectivity index (χ1n) is 6.15. The van der Waals surface area contributed by atoms with Crippen molar-refractivity contribution in [2.45, 2.75) is 58.2 Å². The molecule has 2 heteroatoms. The van der Waals surface area contributed by atoms with E-state index in [4.69, 9.17) is 6.42 Å². The first-order valence-corrected chi connectivity index (χ1v) is 6.15. The molecule has 1 N–H and O–H groups in total. The summed E-state index contributed by atoms with van der Waals surface area (Å²) in [4.78, 5) is 2.59. The van der Waals surface area contributed by atoms with Crippen molar-refractivity contribution in [1.82, 2.24) is 10.2 Å². The van der Waals surface area contributed by atoms with Crippen LogP contribution in [0.15, 0.2) is 0 Å². The Morgan fingerprint density at radius 2 is 2.27 bits per heavy atom. The van der Waals surface area contributed by atoms with Crippen molar-refractivity contribution in [3.8, 4) is 12.3 Å². The lowest BCUT2D eigenvalue weighted by Crippen LogP contribution is -2.58. The van der Waals surface area contributed by atoms with Crippen molar-refractivity contribution in [1.29, 1.82) is 0 Å². The third-order valence-corrected chi connectivity index (χ3v) is 3.49. The van der Waals surface area contributed by atoms with Crippen LogP contribution in [0.5, 0.6) is 0 Å². The van der Waals surface area contributed by atoms with E-state index in [9.17, 15) is 0 Å². The normalized spacial score (nSPS) is 29.7. The third-order valence-electron chi connectivity index (χ3n) is 3.49. The zero-order valence-corrected chi connectivity index (χ0v) is 10.3. The van der Waals surface area contributed by atoms with Crippen LogP contribution in [0.1, 0.15) is 40.0 Å². The summed E-state index contributed by atoms with van der Waals surface area (Å²) in [5, 5.41) is 3.58. The molecule has 0 bridgehead atoms. The van der Waals surface area contributed by atoms with Crippen LogP contribution in [-0.4, -0.2) is 36.1 Å². The van der Waals surface area contributed by atoms with Crippen LogP contribution < -0.4 is 5.32 Å². The molecule has 3 atom stereocenters. The van der Waals surface area contributed by atoms with Gasteiger partial charge in [0.1, 0.15) is 0 Å². The average Bonchev–Trinajstić information content (AvgIpc) is 2.27. The second-order valence-electron chi connectivity index (χ2n) is 4.53. The fourth-order valence-corrected chi connectivity index (χ4v) is 2.37. The van der Waals surface area contributed by atoms with E-state index >= 15 is 0 Å². The molecule has 3 unspecified atom stereocenters. The summed E-state index contributed by atoms with van der Waals surface area (Å²) in [6, 6.07) is 1.83. The molecular formula is C13H24N2. The van der Waals surface area contributed by atoms with Gasteiger partial charge in [-0.3, -0.25) is 4.90 Å². The van der Waals surface area contributed by atoms with E-state index in [1.165, 1.54) is 6.42 Å². The molecule has 1 aliphatic rings. The number of piperazine rings is 1. The Morgan fingerprint density at radius 1 is 1.53 bits per heavy atom. The number of nitrogens with zero attached hydrogens (tertiary/aromatic N) is 1. The van der Waals surface area contributed by atoms with Gasteiger partial charge < -0.3 is 5.32 Å². The van der Waals surface area contributed by atoms with Crippen LogP contribution in [0.4, 0.5) is 0 Å². The topological polar surface area (TPSA) is 15.3 Å². The smallest absolute Gasteiger partial charge is 0.0242 e. The number of rotatable bonds is 4. The van der Waals surface area contributed by atoms with E-state index < -0.39 is 0 Å². The van der Waals surface area contributed by atoms with Gasteiger partial charge >= 0.3 is 0 Å². The van der Waals surface area contributed by atoms with Gasteiger partial charge in [-0.25, -0.2) is 0 Å². The second kappa shape index (κ2) is 6.15. The molecule has 0 radical (unpaired) electrons. The predicted molar refractivity (Wildman–Crippen MR) is 65.8 cm³/mol. The van der Waals surface area contributed by atoms with E-state index in [1.54, 1.807) is 0 Å². The van der Waals surface area contributed by atoms with Crippen LogP contribution in [0, 0.1) is 12.3 Å². The fraction of sp³-hybridized carbons (Fsp3) is 0.846. The maximum absolute atomic E-state index is 5.43. The minimum Gasteiger partial charge on any atom is -0.311 e. The highest BCUT2D eigenvalue weighted by Gasteiger charge is 2.28. The molecule has 86 valence electrons. The average molecular weight is 208 g/mol. The monoisotopic (exact) mass is 208 g/mol. The minimum atomic E-state index is 0.571. The molecule has 0 amide bonds. The fourth-order valence-electron chi connectivity index (χ4n) is 2.37. The first kappa shape index (κ1) is 12.5. The van der Waals surface area contributed by atoms with Crippen molar-refractivity contribution in [3.05, 3.63) is 0 Å². The summed E-state index contributed by atoms with van der Waals surface area (Å²) >= 11 is 0. The Hall–Kier alpha value is -0.520. The maximum atomic E-state index is 5.43. The highest BCUT2D eigenvalue weighted by molar-refractivity contribution is 4.94. The zero-order valence-electron chi connectivity index (χ0n) is 10.3. The molecule has 1 heterocycles. The Balaban J connectivity index is 2.59. The molecular weight excluding hydrogens is 184 g/mol. The van der Waals surface area contributed by atoms with Gasteiger partial charge in [-0.15, -0.1) is 12.3 Å². The quantitative estimate of drug-likeness (QED) is 0.709. The summed E-state index contributed by atoms with van der Waals surface area (Å²) in [6.45, 7) is 9.02. The number of hydrogen-bond acceptors (Lipinski definition) is 2. The highest BCUT2D eigenvalue weighted by atomic mass is 15.2. The van der Waals surface area contributed by atoms with Crippen molar-refractivity contribution in [2.24, 2.45) is 0 Å². The lowest BCUT2D eigenvalue weighted by molar-refractivity contribution is 0.0891. The van der Waals surface area contributed by atoms with Crippen LogP contribution in [-0.2, 0) is 0 Å². The van der Waals surface area contributed by atoms with E-state index in [-0.39, 0.29) is 0 Å². The Morgan fingerprint density at radius 3 is 2.80 bits per heavy atom. The van der Waals surface area contributed by atoms with Gasteiger partial charge in [-0.2, -0.15) is 0 Å². The third kappa shape index (κ3) is 3.22. The molecule has 1 saturated heterocycles. The van der Waals surface area contributed by atoms with Gasteiger partial charge in [0.2, 0.25) is 0 Å². The molecule has 1 rings (SSSR count). The molecule has 0 spiro atoms. The largest absolute Gasteiger partial charge is 0.311 e. The van der Waals surface area contributed by atoms with E-state index in [0.29, 0.717) is 18.1 Å². The summed E-state index contributed by atoms with van der Waals surface area (Å²) in [6.07, 6.45) is 8.68. The van der Waals surface area contributed by atoms with Gasteiger partial charge in [0.25, 0.3) is 0 Å². The molecule has 15 heavy (non-hydrogen) atoms. The molecule has 1 aliphatic heterocycles. The van der Waals surface area contributed by atoms with E-state index in [1.807, 2.05) is 0 Å². The number of nitrogens with one attached hydrogen (secondary N) is 1. The van der Waals surface area contributed by atoms with E-state index in [2.05, 4.69) is 36.9 Å². The van der Waals surface area contributed by atoms with Crippen LogP contribution >= 0.6 is 0 Å². The lowest BCUT2D eigenvalue weighted by Gasteiger charge is -2.42. The maximum Gasteiger partial charge on any atom is 0.0242 e. The molecule has 1 fully saturated rings. The van der Waals surface area contributed by atoms with Crippen LogP contribution in [0.3, 0.4) is 0 Å². The number of hydrogen-bond donors (Lipinski definition) is 1. The minimum absolute atomic E-state index is 0.571. The Kier molecular flexibility index (Phi) is 5.14. The van der Waals surface area contributed by atoms with Crippen molar-refractivity contribution in [3.63, 3.8) is 0 Å². The van der Waals surface area contributed by atoms with Crippen LogP contribution in [0.25, 0.3) is 0 Å². The Bertz CT molecular complexity index is 219. The summed E-state index contributed by atoms with van der Waals surface area (Å²) in [5.41, 5.74) is 0. The molecule has 2 nitrogen and oxygen atoms in total.